The summed E-state index contributed by atoms with van der Waals surface area (Å²) in [7, 11) is 1.75. The van der Waals surface area contributed by atoms with Crippen molar-refractivity contribution in [2.24, 2.45) is 0 Å². The van der Waals surface area contributed by atoms with Crippen molar-refractivity contribution in [3.63, 3.8) is 0 Å². The Kier molecular flexibility index (Phi) is 6.42. The molecule has 1 aromatic carbocycles. The van der Waals surface area contributed by atoms with Crippen LogP contribution in [0.4, 0.5) is 10.5 Å². The van der Waals surface area contributed by atoms with Crippen LogP contribution in [0.2, 0.25) is 10.2 Å². The lowest BCUT2D eigenvalue weighted by molar-refractivity contribution is -0.134. The van der Waals surface area contributed by atoms with Crippen LogP contribution in [0.3, 0.4) is 0 Å². The highest BCUT2D eigenvalue weighted by atomic mass is 35.5. The van der Waals surface area contributed by atoms with Crippen molar-refractivity contribution < 1.29 is 9.59 Å². The molecule has 1 fully saturated rings. The summed E-state index contributed by atoms with van der Waals surface area (Å²) in [6, 6.07) is 9.93. The zero-order valence-corrected chi connectivity index (χ0v) is 17.3. The Hall–Kier alpha value is -2.31. The van der Waals surface area contributed by atoms with E-state index < -0.39 is 6.04 Å². The maximum atomic E-state index is 12.9. The highest BCUT2D eigenvalue weighted by Crippen LogP contribution is 2.23. The van der Waals surface area contributed by atoms with Gasteiger partial charge in [0.2, 0.25) is 5.91 Å². The Morgan fingerprint density at radius 2 is 1.93 bits per heavy atom. The van der Waals surface area contributed by atoms with Crippen molar-refractivity contribution in [1.29, 1.82) is 0 Å². The number of halogens is 2. The monoisotopic (exact) mass is 420 g/mol. The average Bonchev–Trinajstić information content (AvgIpc) is 3.15. The second-order valence-electron chi connectivity index (χ2n) is 6.87. The number of likely N-dealkylation sites (N-methyl/N-ethyl adjacent to an activating group) is 1. The zero-order chi connectivity index (χ0) is 20.3. The number of carbonyl (C=O) groups excluding carboxylic acids is 2. The molecule has 1 aliphatic rings. The molecule has 6 nitrogen and oxygen atoms in total. The van der Waals surface area contributed by atoms with E-state index in [1.54, 1.807) is 48.0 Å². The Morgan fingerprint density at radius 3 is 2.61 bits per heavy atom. The van der Waals surface area contributed by atoms with Crippen molar-refractivity contribution in [3.05, 3.63) is 57.8 Å². The second kappa shape index (κ2) is 8.80. The first kappa shape index (κ1) is 20.4. The molecule has 3 amide bonds. The van der Waals surface area contributed by atoms with Gasteiger partial charge in [0.1, 0.15) is 11.2 Å². The van der Waals surface area contributed by atoms with Crippen LogP contribution in [0.1, 0.15) is 24.1 Å². The molecule has 0 radical (unpaired) electrons. The molecule has 3 rings (SSSR count). The Morgan fingerprint density at radius 1 is 1.21 bits per heavy atom. The number of amides is 3. The van der Waals surface area contributed by atoms with Gasteiger partial charge in [0.15, 0.2) is 0 Å². The summed E-state index contributed by atoms with van der Waals surface area (Å²) in [5.74, 6) is -0.0754. The highest BCUT2D eigenvalue weighted by Gasteiger charge is 2.35. The summed E-state index contributed by atoms with van der Waals surface area (Å²) < 4.78 is 0. The highest BCUT2D eigenvalue weighted by molar-refractivity contribution is 6.30. The molecule has 0 aliphatic carbocycles. The lowest BCUT2D eigenvalue weighted by Crippen LogP contribution is -2.47. The first-order valence-electron chi connectivity index (χ1n) is 9.05. The first-order chi connectivity index (χ1) is 13.3. The van der Waals surface area contributed by atoms with E-state index in [9.17, 15) is 9.59 Å². The quantitative estimate of drug-likeness (QED) is 0.747. The number of aromatic nitrogens is 1. The zero-order valence-electron chi connectivity index (χ0n) is 15.8. The predicted molar refractivity (Wildman–Crippen MR) is 111 cm³/mol. The molecular weight excluding hydrogens is 399 g/mol. The molecule has 1 aliphatic heterocycles. The number of rotatable bonds is 4. The summed E-state index contributed by atoms with van der Waals surface area (Å²) in [6.07, 6.45) is 1.44. The van der Waals surface area contributed by atoms with Crippen LogP contribution < -0.4 is 5.32 Å². The third kappa shape index (κ3) is 4.75. The van der Waals surface area contributed by atoms with E-state index in [2.05, 4.69) is 10.3 Å². The summed E-state index contributed by atoms with van der Waals surface area (Å²) in [5, 5.41) is 3.86. The van der Waals surface area contributed by atoms with Gasteiger partial charge in [-0.25, -0.2) is 9.78 Å². The van der Waals surface area contributed by atoms with Crippen LogP contribution >= 0.6 is 23.2 Å². The van der Waals surface area contributed by atoms with E-state index in [0.717, 1.165) is 12.0 Å². The molecule has 148 valence electrons. The van der Waals surface area contributed by atoms with Gasteiger partial charge in [-0.15, -0.1) is 0 Å². The molecule has 2 heterocycles. The number of likely N-dealkylation sites (tertiary alicyclic amines) is 1. The predicted octanol–water partition coefficient (Wildman–Crippen LogP) is 4.35. The number of hydrogen-bond donors (Lipinski definition) is 1. The van der Waals surface area contributed by atoms with E-state index in [1.165, 1.54) is 0 Å². The first-order valence-corrected chi connectivity index (χ1v) is 9.81. The fourth-order valence-electron chi connectivity index (χ4n) is 3.31. The van der Waals surface area contributed by atoms with E-state index in [1.807, 2.05) is 12.1 Å². The molecule has 1 saturated heterocycles. The SMILES string of the molecule is Cc1nc(Cl)ccc1NC(=O)N1CCC[C@@H]1C(=O)N(C)Cc1ccc(Cl)cc1. The average molecular weight is 421 g/mol. The topological polar surface area (TPSA) is 65.5 Å². The third-order valence-corrected chi connectivity index (χ3v) is 5.26. The fraction of sp³-hybridized carbons (Fsp3) is 0.350. The Labute approximate surface area is 174 Å². The van der Waals surface area contributed by atoms with Gasteiger partial charge in [-0.3, -0.25) is 4.79 Å². The number of carbonyl (C=O) groups is 2. The molecule has 2 aromatic rings. The number of nitrogens with one attached hydrogen (secondary N) is 1. The third-order valence-electron chi connectivity index (χ3n) is 4.80. The minimum Gasteiger partial charge on any atom is -0.340 e. The van der Waals surface area contributed by atoms with Gasteiger partial charge in [-0.05, 0) is 49.6 Å². The van der Waals surface area contributed by atoms with E-state index >= 15 is 0 Å². The van der Waals surface area contributed by atoms with E-state index in [4.69, 9.17) is 23.2 Å². The standard InChI is InChI=1S/C20H22Cl2N4O2/c1-13-16(9-10-18(22)23-13)24-20(28)26-11-3-4-17(26)19(27)25(2)12-14-5-7-15(21)8-6-14/h5-10,17H,3-4,11-12H2,1-2H3,(H,24,28)/t17-/m1/s1. The number of urea groups is 1. The maximum Gasteiger partial charge on any atom is 0.322 e. The molecule has 0 spiro atoms. The van der Waals surface area contributed by atoms with Crippen molar-refractivity contribution in [2.45, 2.75) is 32.4 Å². The van der Waals surface area contributed by atoms with Gasteiger partial charge >= 0.3 is 6.03 Å². The van der Waals surface area contributed by atoms with Crippen LogP contribution in [0, 0.1) is 6.92 Å². The Balaban J connectivity index is 1.66. The van der Waals surface area contributed by atoms with Crippen molar-refractivity contribution in [3.8, 4) is 0 Å². The van der Waals surface area contributed by atoms with E-state index in [0.29, 0.717) is 41.1 Å². The van der Waals surface area contributed by atoms with Crippen LogP contribution in [0.5, 0.6) is 0 Å². The summed E-state index contributed by atoms with van der Waals surface area (Å²) in [4.78, 5) is 33.1. The van der Waals surface area contributed by atoms with Crippen molar-refractivity contribution >= 4 is 40.8 Å². The van der Waals surface area contributed by atoms with Gasteiger partial charge in [0, 0.05) is 25.2 Å². The van der Waals surface area contributed by atoms with Crippen molar-refractivity contribution in [1.82, 2.24) is 14.8 Å². The molecule has 8 heteroatoms. The number of benzene rings is 1. The lowest BCUT2D eigenvalue weighted by Gasteiger charge is -2.28. The van der Waals surface area contributed by atoms with Gasteiger partial charge in [-0.2, -0.15) is 0 Å². The maximum absolute atomic E-state index is 12.9. The number of hydrogen-bond acceptors (Lipinski definition) is 3. The number of nitrogens with zero attached hydrogens (tertiary/aromatic N) is 3. The number of aryl methyl sites for hydroxylation is 1. The van der Waals surface area contributed by atoms with Gasteiger partial charge in [0.05, 0.1) is 11.4 Å². The molecule has 0 bridgehead atoms. The van der Waals surface area contributed by atoms with E-state index in [-0.39, 0.29) is 11.9 Å². The van der Waals surface area contributed by atoms with Crippen LogP contribution in [0.15, 0.2) is 36.4 Å². The largest absolute Gasteiger partial charge is 0.340 e. The molecule has 1 N–H and O–H groups in total. The lowest BCUT2D eigenvalue weighted by atomic mass is 10.1. The molecule has 1 atom stereocenters. The van der Waals surface area contributed by atoms with Crippen molar-refractivity contribution in [2.75, 3.05) is 18.9 Å². The van der Waals surface area contributed by atoms with Gasteiger partial charge in [0.25, 0.3) is 0 Å². The number of anilines is 1. The summed E-state index contributed by atoms with van der Waals surface area (Å²) in [5.41, 5.74) is 2.20. The van der Waals surface area contributed by atoms with Gasteiger partial charge in [-0.1, -0.05) is 35.3 Å². The van der Waals surface area contributed by atoms with Gasteiger partial charge < -0.3 is 15.1 Å². The molecular formula is C20H22Cl2N4O2. The molecule has 28 heavy (non-hydrogen) atoms. The second-order valence-corrected chi connectivity index (χ2v) is 7.69. The smallest absolute Gasteiger partial charge is 0.322 e. The molecule has 1 aromatic heterocycles. The minimum absolute atomic E-state index is 0.0754. The Bertz CT molecular complexity index is 873. The minimum atomic E-state index is -0.474. The van der Waals surface area contributed by atoms with Crippen LogP contribution in [-0.4, -0.2) is 46.4 Å². The normalized spacial score (nSPS) is 16.1. The molecule has 0 unspecified atom stereocenters. The van der Waals surface area contributed by atoms with Crippen LogP contribution in [-0.2, 0) is 11.3 Å². The fourth-order valence-corrected chi connectivity index (χ4v) is 3.63. The summed E-state index contributed by atoms with van der Waals surface area (Å²) in [6.45, 7) is 2.77. The molecule has 0 saturated carbocycles. The van der Waals surface area contributed by atoms with Crippen LogP contribution in [0.25, 0.3) is 0 Å². The summed E-state index contributed by atoms with van der Waals surface area (Å²) >= 11 is 11.8. The number of pyridine rings is 1.